The molecule has 0 saturated carbocycles. The molecule has 0 aliphatic heterocycles. The fraction of sp³-hybridized carbons (Fsp3) is 0.316. The molecule has 0 radical (unpaired) electrons. The maximum atomic E-state index is 12.9. The predicted molar refractivity (Wildman–Crippen MR) is 96.9 cm³/mol. The van der Waals surface area contributed by atoms with Crippen molar-refractivity contribution in [2.75, 3.05) is 0 Å². The highest BCUT2D eigenvalue weighted by molar-refractivity contribution is 7.98. The minimum absolute atomic E-state index is 0.0127. The first-order chi connectivity index (χ1) is 12.7. The van der Waals surface area contributed by atoms with Crippen molar-refractivity contribution in [3.8, 4) is 0 Å². The molecule has 0 aromatic carbocycles. The van der Waals surface area contributed by atoms with E-state index in [-0.39, 0.29) is 11.9 Å². The van der Waals surface area contributed by atoms with E-state index in [1.807, 2.05) is 19.1 Å². The molecule has 1 amide bonds. The van der Waals surface area contributed by atoms with Gasteiger partial charge in [0.15, 0.2) is 0 Å². The normalized spacial score (nSPS) is 16.3. The highest BCUT2D eigenvalue weighted by Gasteiger charge is 2.25. The van der Waals surface area contributed by atoms with E-state index in [9.17, 15) is 4.79 Å². The van der Waals surface area contributed by atoms with Crippen LogP contribution in [-0.2, 0) is 12.2 Å². The first-order valence-corrected chi connectivity index (χ1v) is 9.56. The van der Waals surface area contributed by atoms with Gasteiger partial charge in [-0.2, -0.15) is 0 Å². The molecule has 134 valence electrons. The van der Waals surface area contributed by atoms with E-state index in [1.54, 1.807) is 24.6 Å². The fourth-order valence-corrected chi connectivity index (χ4v) is 4.05. The molecule has 0 bridgehead atoms. The summed E-state index contributed by atoms with van der Waals surface area (Å²) in [7, 11) is 0. The van der Waals surface area contributed by atoms with E-state index in [2.05, 4.69) is 15.5 Å². The van der Waals surface area contributed by atoms with E-state index in [1.165, 1.54) is 11.8 Å². The molecule has 1 unspecified atom stereocenters. The lowest BCUT2D eigenvalue weighted by molar-refractivity contribution is 0.0928. The van der Waals surface area contributed by atoms with Gasteiger partial charge in [-0.1, -0.05) is 16.9 Å². The summed E-state index contributed by atoms with van der Waals surface area (Å²) in [6, 6.07) is 7.41. The van der Waals surface area contributed by atoms with Gasteiger partial charge in [-0.25, -0.2) is 4.98 Å². The predicted octanol–water partition coefficient (Wildman–Crippen LogP) is 4.07. The summed E-state index contributed by atoms with van der Waals surface area (Å²) in [5, 5.41) is 7.81. The molecule has 6 nitrogen and oxygen atoms in total. The molecule has 3 aromatic rings. The number of nitrogens with zero attached hydrogens (tertiary/aromatic N) is 2. The monoisotopic (exact) mass is 369 g/mol. The van der Waals surface area contributed by atoms with E-state index in [0.29, 0.717) is 16.3 Å². The van der Waals surface area contributed by atoms with Gasteiger partial charge >= 0.3 is 0 Å². The Morgan fingerprint density at radius 1 is 1.42 bits per heavy atom. The number of amides is 1. The number of hydrogen-bond acceptors (Lipinski definition) is 6. The van der Waals surface area contributed by atoms with Crippen molar-refractivity contribution in [3.05, 3.63) is 65.1 Å². The van der Waals surface area contributed by atoms with E-state index in [0.717, 1.165) is 42.0 Å². The van der Waals surface area contributed by atoms with E-state index in [4.69, 9.17) is 8.94 Å². The van der Waals surface area contributed by atoms with Gasteiger partial charge in [-0.05, 0) is 38.0 Å². The van der Waals surface area contributed by atoms with Crippen LogP contribution in [0.2, 0.25) is 0 Å². The number of pyridine rings is 1. The van der Waals surface area contributed by atoms with Crippen LogP contribution in [0.5, 0.6) is 0 Å². The second-order valence-corrected chi connectivity index (χ2v) is 7.26. The van der Waals surface area contributed by atoms with Gasteiger partial charge in [-0.3, -0.25) is 4.79 Å². The zero-order chi connectivity index (χ0) is 17.9. The Morgan fingerprint density at radius 2 is 2.35 bits per heavy atom. The zero-order valence-electron chi connectivity index (χ0n) is 14.4. The van der Waals surface area contributed by atoms with Crippen molar-refractivity contribution < 1.29 is 13.7 Å². The molecule has 0 saturated heterocycles. The van der Waals surface area contributed by atoms with E-state index >= 15 is 0 Å². The van der Waals surface area contributed by atoms with Crippen LogP contribution in [0, 0.1) is 6.92 Å². The van der Waals surface area contributed by atoms with Gasteiger partial charge in [0.05, 0.1) is 23.6 Å². The summed E-state index contributed by atoms with van der Waals surface area (Å²) < 4.78 is 10.6. The minimum Gasteiger partial charge on any atom is -0.469 e. The third-order valence-electron chi connectivity index (χ3n) is 4.41. The average Bonchev–Trinajstić information content (AvgIpc) is 3.29. The lowest BCUT2D eigenvalue weighted by atomic mass is 9.93. The molecule has 1 aliphatic rings. The molecule has 4 rings (SSSR count). The third-order valence-corrected chi connectivity index (χ3v) is 5.45. The van der Waals surface area contributed by atoms with Crippen LogP contribution >= 0.6 is 11.8 Å². The van der Waals surface area contributed by atoms with Crippen LogP contribution in [0.1, 0.15) is 52.0 Å². The Labute approximate surface area is 155 Å². The van der Waals surface area contributed by atoms with Crippen LogP contribution in [-0.4, -0.2) is 16.0 Å². The number of furan rings is 1. The van der Waals surface area contributed by atoms with Crippen LogP contribution in [0.15, 0.2) is 50.7 Å². The van der Waals surface area contributed by atoms with Crippen molar-refractivity contribution in [2.45, 2.75) is 43.0 Å². The summed E-state index contributed by atoms with van der Waals surface area (Å²) in [4.78, 5) is 17.2. The van der Waals surface area contributed by atoms with Gasteiger partial charge in [0, 0.05) is 30.0 Å². The third kappa shape index (κ3) is 3.53. The number of fused-ring (bicyclic) bond motifs is 1. The number of aryl methyl sites for hydroxylation is 2. The summed E-state index contributed by atoms with van der Waals surface area (Å²) in [5.74, 6) is 2.23. The van der Waals surface area contributed by atoms with Crippen LogP contribution in [0.4, 0.5) is 0 Å². The number of hydrogen-bond donors (Lipinski definition) is 1. The van der Waals surface area contributed by atoms with Crippen LogP contribution in [0.3, 0.4) is 0 Å². The lowest BCUT2D eigenvalue weighted by Gasteiger charge is -2.23. The SMILES string of the molecule is Cc1cc(CSc2ncccc2C(=O)NC2CCCc3occc32)no1. The molecule has 26 heavy (non-hydrogen) atoms. The van der Waals surface area contributed by atoms with Gasteiger partial charge in [-0.15, -0.1) is 0 Å². The van der Waals surface area contributed by atoms with Crippen molar-refractivity contribution in [3.63, 3.8) is 0 Å². The summed E-state index contributed by atoms with van der Waals surface area (Å²) in [6.07, 6.45) is 6.24. The maximum Gasteiger partial charge on any atom is 0.254 e. The Kier molecular flexibility index (Phi) is 4.79. The second kappa shape index (κ2) is 7.37. The van der Waals surface area contributed by atoms with Crippen molar-refractivity contribution in [2.24, 2.45) is 0 Å². The lowest BCUT2D eigenvalue weighted by Crippen LogP contribution is -2.31. The number of carbonyl (C=O) groups excluding carboxylic acids is 1. The molecule has 3 aromatic heterocycles. The Bertz CT molecular complexity index is 918. The highest BCUT2D eigenvalue weighted by atomic mass is 32.2. The zero-order valence-corrected chi connectivity index (χ0v) is 15.2. The Morgan fingerprint density at radius 3 is 3.19 bits per heavy atom. The fourth-order valence-electron chi connectivity index (χ4n) is 3.18. The molecular formula is C19H19N3O3S. The van der Waals surface area contributed by atoms with Crippen molar-refractivity contribution >= 4 is 17.7 Å². The first kappa shape index (κ1) is 16.9. The maximum absolute atomic E-state index is 12.9. The molecule has 0 fully saturated rings. The second-order valence-electron chi connectivity index (χ2n) is 6.29. The number of aromatic nitrogens is 2. The number of rotatable bonds is 5. The Hall–Kier alpha value is -2.54. The molecule has 3 heterocycles. The number of thioether (sulfide) groups is 1. The highest BCUT2D eigenvalue weighted by Crippen LogP contribution is 2.31. The average molecular weight is 369 g/mol. The van der Waals surface area contributed by atoms with Crippen LogP contribution in [0.25, 0.3) is 0 Å². The van der Waals surface area contributed by atoms with Gasteiger partial charge < -0.3 is 14.3 Å². The van der Waals surface area contributed by atoms with Crippen LogP contribution < -0.4 is 5.32 Å². The van der Waals surface area contributed by atoms with Gasteiger partial charge in [0.1, 0.15) is 16.5 Å². The first-order valence-electron chi connectivity index (χ1n) is 8.58. The molecule has 0 spiro atoms. The standard InChI is InChI=1S/C19H19N3O3S/c1-12-10-13(22-25-12)11-26-19-15(4-3-8-20-19)18(23)21-16-5-2-6-17-14(16)7-9-24-17/h3-4,7-10,16H,2,5-6,11H2,1H3,(H,21,23). The largest absolute Gasteiger partial charge is 0.469 e. The molecular weight excluding hydrogens is 350 g/mol. The molecule has 1 aliphatic carbocycles. The topological polar surface area (TPSA) is 81.2 Å². The van der Waals surface area contributed by atoms with E-state index < -0.39 is 0 Å². The molecule has 7 heteroatoms. The quantitative estimate of drug-likeness (QED) is 0.683. The van der Waals surface area contributed by atoms with Crippen molar-refractivity contribution in [1.82, 2.24) is 15.5 Å². The number of carbonyl (C=O) groups is 1. The minimum atomic E-state index is -0.115. The van der Waals surface area contributed by atoms with Crippen molar-refractivity contribution in [1.29, 1.82) is 0 Å². The Balaban J connectivity index is 1.48. The van der Waals surface area contributed by atoms with Gasteiger partial charge in [0.2, 0.25) is 0 Å². The summed E-state index contributed by atoms with van der Waals surface area (Å²) >= 11 is 1.48. The summed E-state index contributed by atoms with van der Waals surface area (Å²) in [6.45, 7) is 1.86. The number of nitrogens with one attached hydrogen (secondary N) is 1. The smallest absolute Gasteiger partial charge is 0.254 e. The summed E-state index contributed by atoms with van der Waals surface area (Å²) in [5.41, 5.74) is 2.49. The molecule has 1 atom stereocenters. The molecule has 1 N–H and O–H groups in total. The van der Waals surface area contributed by atoms with Gasteiger partial charge in [0.25, 0.3) is 5.91 Å².